The first-order valence-corrected chi connectivity index (χ1v) is 26.2. The summed E-state index contributed by atoms with van der Waals surface area (Å²) in [6, 6.07) is 109. The second kappa shape index (κ2) is 19.5. The summed E-state index contributed by atoms with van der Waals surface area (Å²) < 4.78 is 9.07. The molecular weight excluding hydrogens is 937 g/mol. The standard InChI is InChI=1S/C72H50N4O/c1-8-22-51(23-9-1)53-44-54(52-24-10-2-11-25-52)46-64(45-53)76-69-41-37-60(47-66(69)65-40-36-63(50-70(65)76)74(57-30-16-5-17-31-57)58-32-18-6-19-33-58)75(59-34-20-7-21-35-59)62-39-43-72-68(49-62)67-48-61(38-42-71(67)77-72)73(55-26-12-3-13-27-55)56-28-14-4-15-29-56/h1-50H. The third-order valence-electron chi connectivity index (χ3n) is 14.7. The van der Waals surface area contributed by atoms with Crippen LogP contribution in [0.4, 0.5) is 51.2 Å². The number of hydrogen-bond donors (Lipinski definition) is 0. The first-order chi connectivity index (χ1) is 38.2. The minimum Gasteiger partial charge on any atom is -0.456 e. The van der Waals surface area contributed by atoms with Gasteiger partial charge in [-0.05, 0) is 168 Å². The molecule has 5 nitrogen and oxygen atoms in total. The number of aromatic nitrogens is 1. The van der Waals surface area contributed by atoms with Crippen molar-refractivity contribution in [2.75, 3.05) is 14.7 Å². The Morgan fingerprint density at radius 2 is 0.558 bits per heavy atom. The molecule has 0 saturated carbocycles. The number of para-hydroxylation sites is 5. The van der Waals surface area contributed by atoms with Crippen molar-refractivity contribution in [2.24, 2.45) is 0 Å². The van der Waals surface area contributed by atoms with E-state index in [1.165, 1.54) is 0 Å². The second-order valence-corrected chi connectivity index (χ2v) is 19.4. The van der Waals surface area contributed by atoms with Gasteiger partial charge in [-0.1, -0.05) is 158 Å². The molecule has 0 aliphatic heterocycles. The molecule has 0 fully saturated rings. The summed E-state index contributed by atoms with van der Waals surface area (Å²) in [4.78, 5) is 7.02. The van der Waals surface area contributed by atoms with Gasteiger partial charge in [0.05, 0.1) is 11.0 Å². The molecule has 2 heterocycles. The Bertz CT molecular complexity index is 4230. The van der Waals surface area contributed by atoms with Crippen LogP contribution in [0.3, 0.4) is 0 Å². The summed E-state index contributed by atoms with van der Waals surface area (Å²) in [6.45, 7) is 0. The Morgan fingerprint density at radius 1 is 0.221 bits per heavy atom. The zero-order valence-corrected chi connectivity index (χ0v) is 42.1. The lowest BCUT2D eigenvalue weighted by Crippen LogP contribution is -2.10. The summed E-state index contributed by atoms with van der Waals surface area (Å²) in [6.07, 6.45) is 0. The van der Waals surface area contributed by atoms with Crippen molar-refractivity contribution < 1.29 is 4.42 Å². The van der Waals surface area contributed by atoms with Crippen LogP contribution in [0.5, 0.6) is 0 Å². The lowest BCUT2D eigenvalue weighted by atomic mass is 9.98. The topological polar surface area (TPSA) is 27.8 Å². The maximum Gasteiger partial charge on any atom is 0.135 e. The summed E-state index contributed by atoms with van der Waals surface area (Å²) in [5, 5.41) is 4.38. The molecule has 0 N–H and O–H groups in total. The van der Waals surface area contributed by atoms with E-state index >= 15 is 0 Å². The van der Waals surface area contributed by atoms with E-state index in [0.29, 0.717) is 0 Å². The first kappa shape index (κ1) is 45.3. The van der Waals surface area contributed by atoms with Crippen LogP contribution in [0.2, 0.25) is 0 Å². The zero-order valence-electron chi connectivity index (χ0n) is 42.1. The molecule has 0 saturated heterocycles. The predicted octanol–water partition coefficient (Wildman–Crippen LogP) is 20.4. The quantitative estimate of drug-likeness (QED) is 0.122. The van der Waals surface area contributed by atoms with Crippen LogP contribution in [-0.4, -0.2) is 4.57 Å². The van der Waals surface area contributed by atoms with Gasteiger partial charge in [-0.2, -0.15) is 0 Å². The summed E-state index contributed by atoms with van der Waals surface area (Å²) in [7, 11) is 0. The summed E-state index contributed by atoms with van der Waals surface area (Å²) in [5.41, 5.74) is 19.1. The van der Waals surface area contributed by atoms with Crippen LogP contribution in [0.1, 0.15) is 0 Å². The molecule has 5 heteroatoms. The predicted molar refractivity (Wildman–Crippen MR) is 323 cm³/mol. The maximum absolute atomic E-state index is 6.61. The molecule has 0 aliphatic rings. The van der Waals surface area contributed by atoms with E-state index in [-0.39, 0.29) is 0 Å². The molecule has 0 spiro atoms. The number of anilines is 9. The van der Waals surface area contributed by atoms with Crippen LogP contribution in [0, 0.1) is 0 Å². The van der Waals surface area contributed by atoms with E-state index in [1.807, 2.05) is 0 Å². The van der Waals surface area contributed by atoms with Crippen LogP contribution in [0.15, 0.2) is 308 Å². The third kappa shape index (κ3) is 8.42. The van der Waals surface area contributed by atoms with Crippen LogP contribution in [0.25, 0.3) is 71.7 Å². The fourth-order valence-corrected chi connectivity index (χ4v) is 11.1. The molecule has 0 aliphatic carbocycles. The van der Waals surface area contributed by atoms with Gasteiger partial charge in [-0.3, -0.25) is 0 Å². The van der Waals surface area contributed by atoms with Crippen LogP contribution >= 0.6 is 0 Å². The lowest BCUT2D eigenvalue weighted by Gasteiger charge is -2.26. The minimum absolute atomic E-state index is 0.835. The fourth-order valence-electron chi connectivity index (χ4n) is 11.1. The van der Waals surface area contributed by atoms with Crippen LogP contribution < -0.4 is 14.7 Å². The Kier molecular flexibility index (Phi) is 11.5. The molecule has 12 aromatic carbocycles. The Hall–Kier alpha value is -10.4. The van der Waals surface area contributed by atoms with Gasteiger partial charge in [0.1, 0.15) is 11.2 Å². The molecule has 2 aromatic heterocycles. The number of benzene rings is 12. The molecular formula is C72H50N4O. The van der Waals surface area contributed by atoms with E-state index in [9.17, 15) is 0 Å². The highest BCUT2D eigenvalue weighted by atomic mass is 16.3. The van der Waals surface area contributed by atoms with Crippen molar-refractivity contribution in [3.8, 4) is 27.9 Å². The van der Waals surface area contributed by atoms with Gasteiger partial charge in [0.25, 0.3) is 0 Å². The number of fused-ring (bicyclic) bond motifs is 6. The molecule has 0 atom stereocenters. The minimum atomic E-state index is 0.835. The maximum atomic E-state index is 6.61. The second-order valence-electron chi connectivity index (χ2n) is 19.4. The first-order valence-electron chi connectivity index (χ1n) is 26.2. The van der Waals surface area contributed by atoms with Gasteiger partial charge in [0.15, 0.2) is 0 Å². The van der Waals surface area contributed by atoms with E-state index < -0.39 is 0 Å². The highest BCUT2D eigenvalue weighted by molar-refractivity contribution is 6.13. The lowest BCUT2D eigenvalue weighted by molar-refractivity contribution is 0.669. The van der Waals surface area contributed by atoms with Gasteiger partial charge < -0.3 is 23.7 Å². The third-order valence-corrected chi connectivity index (χ3v) is 14.7. The van der Waals surface area contributed by atoms with Crippen LogP contribution in [-0.2, 0) is 0 Å². The van der Waals surface area contributed by atoms with E-state index in [2.05, 4.69) is 323 Å². The van der Waals surface area contributed by atoms with E-state index in [1.54, 1.807) is 0 Å². The van der Waals surface area contributed by atoms with E-state index in [0.717, 1.165) is 123 Å². The molecule has 364 valence electrons. The van der Waals surface area contributed by atoms with Crippen molar-refractivity contribution in [1.82, 2.24) is 4.57 Å². The summed E-state index contributed by atoms with van der Waals surface area (Å²) in [5.74, 6) is 0. The van der Waals surface area contributed by atoms with Crippen molar-refractivity contribution >= 4 is 94.9 Å². The molecule has 77 heavy (non-hydrogen) atoms. The van der Waals surface area contributed by atoms with Gasteiger partial charge in [0.2, 0.25) is 0 Å². The number of hydrogen-bond acceptors (Lipinski definition) is 4. The highest BCUT2D eigenvalue weighted by Gasteiger charge is 2.23. The average Bonchev–Trinajstić information content (AvgIpc) is 4.11. The number of rotatable bonds is 12. The fraction of sp³-hybridized carbons (Fsp3) is 0. The van der Waals surface area contributed by atoms with E-state index in [4.69, 9.17) is 4.42 Å². The van der Waals surface area contributed by atoms with Gasteiger partial charge >= 0.3 is 0 Å². The van der Waals surface area contributed by atoms with Crippen molar-refractivity contribution in [3.63, 3.8) is 0 Å². The zero-order chi connectivity index (χ0) is 51.1. The molecule has 0 bridgehead atoms. The van der Waals surface area contributed by atoms with Gasteiger partial charge in [-0.25, -0.2) is 0 Å². The highest BCUT2D eigenvalue weighted by Crippen LogP contribution is 2.46. The molecule has 14 aromatic rings. The normalized spacial score (nSPS) is 11.4. The smallest absolute Gasteiger partial charge is 0.135 e. The number of furan rings is 1. The Labute approximate surface area is 447 Å². The summed E-state index contributed by atoms with van der Waals surface area (Å²) >= 11 is 0. The molecule has 0 amide bonds. The molecule has 14 rings (SSSR count). The largest absolute Gasteiger partial charge is 0.456 e. The van der Waals surface area contributed by atoms with Gasteiger partial charge in [0, 0.05) is 78.4 Å². The molecule has 0 unspecified atom stereocenters. The monoisotopic (exact) mass is 986 g/mol. The SMILES string of the molecule is c1ccc(-c2cc(-c3ccccc3)cc(-n3c4ccc(N(c5ccccc5)c5ccc6oc7ccc(N(c8ccccc8)c8ccccc8)cc7c6c5)cc4c4ccc(N(c5ccccc5)c5ccccc5)cc43)c2)cc1. The molecule has 0 radical (unpaired) electrons. The Morgan fingerprint density at radius 3 is 0.974 bits per heavy atom. The number of nitrogens with zero attached hydrogens (tertiary/aromatic N) is 4. The Balaban J connectivity index is 0.977. The van der Waals surface area contributed by atoms with Crippen molar-refractivity contribution in [3.05, 3.63) is 303 Å². The van der Waals surface area contributed by atoms with Crippen molar-refractivity contribution in [1.29, 1.82) is 0 Å². The average molecular weight is 987 g/mol. The van der Waals surface area contributed by atoms with Crippen molar-refractivity contribution in [2.45, 2.75) is 0 Å². The van der Waals surface area contributed by atoms with Gasteiger partial charge in [-0.15, -0.1) is 0 Å².